The molecule has 0 spiro atoms. The highest BCUT2D eigenvalue weighted by Gasteiger charge is 2.38. The molecule has 0 heterocycles. The van der Waals surface area contributed by atoms with Gasteiger partial charge in [0.05, 0.1) is 11.4 Å². The lowest BCUT2D eigenvalue weighted by Gasteiger charge is -2.32. The van der Waals surface area contributed by atoms with Gasteiger partial charge in [0.15, 0.2) is 0 Å². The Morgan fingerprint density at radius 3 is 2.22 bits per heavy atom. The molecular weight excluding hydrogens is 446 g/mol. The zero-order chi connectivity index (χ0) is 26.3. The van der Waals surface area contributed by atoms with E-state index in [-0.39, 0.29) is 5.41 Å². The van der Waals surface area contributed by atoms with E-state index in [1.807, 2.05) is 30.4 Å². The number of benzene rings is 4. The lowest BCUT2D eigenvalue weighted by molar-refractivity contribution is 0.659. The van der Waals surface area contributed by atoms with Gasteiger partial charge in [-0.15, -0.1) is 0 Å². The van der Waals surface area contributed by atoms with Gasteiger partial charge in [0.2, 0.25) is 0 Å². The molecule has 0 fully saturated rings. The number of hydrogen-bond acceptors (Lipinski definition) is 1. The van der Waals surface area contributed by atoms with Crippen molar-refractivity contribution in [3.63, 3.8) is 0 Å². The molecular formula is C36H33N. The van der Waals surface area contributed by atoms with Crippen molar-refractivity contribution in [2.75, 3.05) is 4.90 Å². The molecule has 0 atom stereocenters. The summed E-state index contributed by atoms with van der Waals surface area (Å²) in [5, 5.41) is 2.34. The third kappa shape index (κ3) is 3.70. The second-order valence-electron chi connectivity index (χ2n) is 10.1. The van der Waals surface area contributed by atoms with Gasteiger partial charge in [0.25, 0.3) is 0 Å². The molecule has 182 valence electrons. The number of rotatable bonds is 7. The normalized spacial score (nSPS) is 13.5. The van der Waals surface area contributed by atoms with E-state index in [0.29, 0.717) is 0 Å². The highest BCUT2D eigenvalue weighted by Crippen LogP contribution is 2.54. The van der Waals surface area contributed by atoms with Crippen molar-refractivity contribution < 1.29 is 0 Å². The molecule has 4 aromatic carbocycles. The van der Waals surface area contributed by atoms with Gasteiger partial charge in [0, 0.05) is 22.1 Å². The fourth-order valence-electron chi connectivity index (χ4n) is 5.80. The summed E-state index contributed by atoms with van der Waals surface area (Å²) in [5.41, 5.74) is 11.5. The Balaban J connectivity index is 1.92. The van der Waals surface area contributed by atoms with Crippen LogP contribution in [-0.2, 0) is 5.41 Å². The first-order chi connectivity index (χ1) is 17.9. The summed E-state index contributed by atoms with van der Waals surface area (Å²) in [6.07, 6.45) is 9.65. The van der Waals surface area contributed by atoms with Crippen LogP contribution in [0.5, 0.6) is 0 Å². The first kappa shape index (κ1) is 24.3. The van der Waals surface area contributed by atoms with Crippen LogP contribution in [0.4, 0.5) is 11.4 Å². The summed E-state index contributed by atoms with van der Waals surface area (Å²) < 4.78 is 0. The number of anilines is 2. The molecule has 0 aliphatic heterocycles. The lowest BCUT2D eigenvalue weighted by atomic mass is 9.80. The Morgan fingerprint density at radius 2 is 1.51 bits per heavy atom. The summed E-state index contributed by atoms with van der Waals surface area (Å²) in [6, 6.07) is 24.0. The van der Waals surface area contributed by atoms with E-state index in [4.69, 9.17) is 0 Å². The molecule has 1 aliphatic rings. The van der Waals surface area contributed by atoms with Crippen LogP contribution in [-0.4, -0.2) is 0 Å². The number of allylic oxidation sites excluding steroid dienone is 3. The van der Waals surface area contributed by atoms with E-state index < -0.39 is 0 Å². The Morgan fingerprint density at radius 1 is 0.784 bits per heavy atom. The fraction of sp³-hybridized carbons (Fsp3) is 0.111. The summed E-state index contributed by atoms with van der Waals surface area (Å²) in [7, 11) is 0. The Kier molecular flexibility index (Phi) is 6.09. The van der Waals surface area contributed by atoms with Crippen molar-refractivity contribution >= 4 is 34.3 Å². The molecule has 37 heavy (non-hydrogen) atoms. The van der Waals surface area contributed by atoms with E-state index in [1.165, 1.54) is 33.2 Å². The van der Waals surface area contributed by atoms with Gasteiger partial charge in [-0.25, -0.2) is 0 Å². The van der Waals surface area contributed by atoms with Crippen molar-refractivity contribution in [2.45, 2.75) is 26.2 Å². The second kappa shape index (κ2) is 9.26. The summed E-state index contributed by atoms with van der Waals surface area (Å²) in [6.45, 7) is 23.5. The topological polar surface area (TPSA) is 3.24 Å². The molecule has 0 unspecified atom stereocenters. The minimum Gasteiger partial charge on any atom is -0.309 e. The molecule has 1 nitrogen and oxygen atoms in total. The van der Waals surface area contributed by atoms with Crippen LogP contribution in [0, 0.1) is 6.92 Å². The van der Waals surface area contributed by atoms with Crippen molar-refractivity contribution in [1.82, 2.24) is 0 Å². The molecule has 4 aromatic rings. The number of aryl methyl sites for hydroxylation is 1. The van der Waals surface area contributed by atoms with Crippen LogP contribution in [0.3, 0.4) is 0 Å². The van der Waals surface area contributed by atoms with Crippen LogP contribution in [0.1, 0.15) is 41.7 Å². The van der Waals surface area contributed by atoms with Crippen LogP contribution in [0.15, 0.2) is 117 Å². The first-order valence-corrected chi connectivity index (χ1v) is 12.7. The fourth-order valence-corrected chi connectivity index (χ4v) is 5.80. The van der Waals surface area contributed by atoms with Gasteiger partial charge in [0.1, 0.15) is 0 Å². The Labute approximate surface area is 221 Å². The quantitative estimate of drug-likeness (QED) is 0.238. The molecule has 0 bridgehead atoms. The maximum Gasteiger partial charge on any atom is 0.0543 e. The van der Waals surface area contributed by atoms with Crippen molar-refractivity contribution in [3.8, 4) is 11.1 Å². The summed E-state index contributed by atoms with van der Waals surface area (Å²) >= 11 is 0. The van der Waals surface area contributed by atoms with Crippen LogP contribution >= 0.6 is 0 Å². The average molecular weight is 480 g/mol. The third-order valence-electron chi connectivity index (χ3n) is 7.59. The highest BCUT2D eigenvalue weighted by molar-refractivity contribution is 6.01. The summed E-state index contributed by atoms with van der Waals surface area (Å²) in [5.74, 6) is 0. The predicted molar refractivity (Wildman–Crippen MR) is 163 cm³/mol. The molecule has 0 amide bonds. The van der Waals surface area contributed by atoms with Crippen LogP contribution in [0.2, 0.25) is 0 Å². The molecule has 1 aliphatic carbocycles. The van der Waals surface area contributed by atoms with Gasteiger partial charge in [-0.1, -0.05) is 119 Å². The van der Waals surface area contributed by atoms with Crippen molar-refractivity contribution in [1.29, 1.82) is 0 Å². The second-order valence-corrected chi connectivity index (χ2v) is 10.1. The molecule has 0 aromatic heterocycles. The van der Waals surface area contributed by atoms with Gasteiger partial charge < -0.3 is 4.90 Å². The van der Waals surface area contributed by atoms with E-state index in [1.54, 1.807) is 0 Å². The smallest absolute Gasteiger partial charge is 0.0543 e. The van der Waals surface area contributed by atoms with Gasteiger partial charge in [-0.3, -0.25) is 0 Å². The molecule has 1 heteroatoms. The zero-order valence-corrected chi connectivity index (χ0v) is 22.0. The minimum absolute atomic E-state index is 0.163. The lowest BCUT2D eigenvalue weighted by Crippen LogP contribution is -2.20. The maximum atomic E-state index is 4.26. The molecule has 0 N–H and O–H groups in total. The molecule has 5 rings (SSSR count). The van der Waals surface area contributed by atoms with Crippen molar-refractivity contribution in [3.05, 3.63) is 145 Å². The van der Waals surface area contributed by atoms with Gasteiger partial charge in [-0.05, 0) is 64.4 Å². The SMILES string of the molecule is C=C/C=C(\C=C)N(c1cc2c(c(C=C)c1C=C)-c1ccc(C)cc1C2(C)C)c1cccc2ccccc12. The molecule has 0 saturated heterocycles. The van der Waals surface area contributed by atoms with Crippen molar-refractivity contribution in [2.24, 2.45) is 0 Å². The van der Waals surface area contributed by atoms with E-state index >= 15 is 0 Å². The van der Waals surface area contributed by atoms with Gasteiger partial charge in [-0.2, -0.15) is 0 Å². The Bertz CT molecular complexity index is 1620. The van der Waals surface area contributed by atoms with Crippen LogP contribution < -0.4 is 4.90 Å². The highest BCUT2D eigenvalue weighted by atomic mass is 15.2. The monoisotopic (exact) mass is 479 g/mol. The molecule has 0 saturated carbocycles. The largest absolute Gasteiger partial charge is 0.309 e. The predicted octanol–water partition coefficient (Wildman–Crippen LogP) is 10.1. The summed E-state index contributed by atoms with van der Waals surface area (Å²) in [4.78, 5) is 2.28. The number of nitrogens with zero attached hydrogens (tertiary/aromatic N) is 1. The first-order valence-electron chi connectivity index (χ1n) is 12.7. The van der Waals surface area contributed by atoms with Gasteiger partial charge >= 0.3 is 0 Å². The average Bonchev–Trinajstić information content (AvgIpc) is 3.13. The van der Waals surface area contributed by atoms with E-state index in [9.17, 15) is 0 Å². The van der Waals surface area contributed by atoms with E-state index in [2.05, 4.69) is 119 Å². The zero-order valence-electron chi connectivity index (χ0n) is 22.0. The molecule has 0 radical (unpaired) electrons. The number of hydrogen-bond donors (Lipinski definition) is 0. The van der Waals surface area contributed by atoms with E-state index in [0.717, 1.165) is 33.6 Å². The number of fused-ring (bicyclic) bond motifs is 4. The Hall–Kier alpha value is -4.36. The maximum absolute atomic E-state index is 4.26. The van der Waals surface area contributed by atoms with Crippen LogP contribution in [0.25, 0.3) is 34.1 Å². The minimum atomic E-state index is -0.163. The standard InChI is InChI=1S/C36H33N/c1-8-15-26(9-2)37(33-19-14-17-25-16-12-13-18-29(25)33)34-23-32-35(28(11-4)27(34)10-3)30-21-20-24(5)22-31(30)36(32,6)7/h8-23H,1-4H2,5-7H3/b26-15+. The third-order valence-corrected chi connectivity index (χ3v) is 7.59.